The fourth-order valence-corrected chi connectivity index (χ4v) is 4.65. The van der Waals surface area contributed by atoms with Crippen LogP contribution in [0.1, 0.15) is 16.7 Å². The Morgan fingerprint density at radius 1 is 0.973 bits per heavy atom. The monoisotopic (exact) mass is 536 g/mol. The summed E-state index contributed by atoms with van der Waals surface area (Å²) < 4.78 is 15.0. The number of hydrogen-bond donors (Lipinski definition) is 2. The second kappa shape index (κ2) is 9.72. The van der Waals surface area contributed by atoms with E-state index in [0.717, 1.165) is 10.5 Å². The minimum absolute atomic E-state index is 0.0965. The van der Waals surface area contributed by atoms with Gasteiger partial charge in [0.15, 0.2) is 0 Å². The number of benzene rings is 3. The van der Waals surface area contributed by atoms with Gasteiger partial charge in [-0.3, -0.25) is 19.6 Å². The molecule has 1 aromatic heterocycles. The molecule has 3 amide bonds. The van der Waals surface area contributed by atoms with Crippen molar-refractivity contribution >= 4 is 41.2 Å². The molecule has 37 heavy (non-hydrogen) atoms. The van der Waals surface area contributed by atoms with Crippen LogP contribution < -0.4 is 10.9 Å². The average molecular weight is 537 g/mol. The van der Waals surface area contributed by atoms with Gasteiger partial charge in [-0.15, -0.1) is 0 Å². The van der Waals surface area contributed by atoms with Crippen molar-refractivity contribution in [3.8, 4) is 16.9 Å². The summed E-state index contributed by atoms with van der Waals surface area (Å²) in [5.74, 6) is -1.13. The summed E-state index contributed by atoms with van der Waals surface area (Å²) in [4.78, 5) is 40.3. The first-order valence-electron chi connectivity index (χ1n) is 11.2. The first-order valence-corrected chi connectivity index (χ1v) is 11.9. The lowest BCUT2D eigenvalue weighted by Gasteiger charge is -2.11. The summed E-state index contributed by atoms with van der Waals surface area (Å²) in [6, 6.07) is 17.1. The number of carbonyl (C=O) groups is 2. The zero-order valence-corrected chi connectivity index (χ0v) is 20.9. The number of H-pyrrole nitrogens is 1. The predicted molar refractivity (Wildman–Crippen MR) is 140 cm³/mol. The summed E-state index contributed by atoms with van der Waals surface area (Å²) >= 11 is 12.5. The zero-order valence-electron chi connectivity index (χ0n) is 19.4. The van der Waals surface area contributed by atoms with Crippen LogP contribution in [0.4, 0.5) is 9.18 Å². The largest absolute Gasteiger partial charge is 0.329 e. The maximum atomic E-state index is 13.6. The second-order valence-corrected chi connectivity index (χ2v) is 9.30. The number of imide groups is 1. The normalized spacial score (nSPS) is 14.5. The fourth-order valence-electron chi connectivity index (χ4n) is 4.14. The van der Waals surface area contributed by atoms with Crippen molar-refractivity contribution in [2.75, 3.05) is 0 Å². The van der Waals surface area contributed by atoms with E-state index in [1.165, 1.54) is 29.0 Å². The first-order chi connectivity index (χ1) is 17.7. The SMILES string of the molecule is Cc1ccccc1-n1[nH]c(-c2ccc(Cl)cc2Cl)c(C=C2NC(=O)N(Cc3cccc(F)c3)C2=O)c1=O. The number of urea groups is 1. The number of aryl methyl sites for hydroxylation is 1. The van der Waals surface area contributed by atoms with Gasteiger partial charge in [0.05, 0.1) is 28.5 Å². The van der Waals surface area contributed by atoms with Crippen LogP contribution in [-0.2, 0) is 11.3 Å². The smallest absolute Gasteiger partial charge is 0.303 e. The Morgan fingerprint density at radius 2 is 1.76 bits per heavy atom. The number of halogens is 3. The average Bonchev–Trinajstić information content (AvgIpc) is 3.30. The lowest BCUT2D eigenvalue weighted by atomic mass is 10.1. The van der Waals surface area contributed by atoms with Gasteiger partial charge in [0.1, 0.15) is 11.5 Å². The molecular formula is C27H19Cl2FN4O3. The molecule has 186 valence electrons. The summed E-state index contributed by atoms with van der Waals surface area (Å²) in [5, 5.41) is 6.32. The van der Waals surface area contributed by atoms with Crippen LogP contribution in [0, 0.1) is 12.7 Å². The molecule has 0 bridgehead atoms. The molecule has 0 unspecified atom stereocenters. The van der Waals surface area contributed by atoms with Gasteiger partial charge in [-0.25, -0.2) is 13.9 Å². The van der Waals surface area contributed by atoms with E-state index in [2.05, 4.69) is 10.4 Å². The molecule has 4 aromatic rings. The Balaban J connectivity index is 1.62. The van der Waals surface area contributed by atoms with E-state index >= 15 is 0 Å². The highest BCUT2D eigenvalue weighted by atomic mass is 35.5. The van der Waals surface area contributed by atoms with Crippen molar-refractivity contribution < 1.29 is 14.0 Å². The van der Waals surface area contributed by atoms with E-state index < -0.39 is 23.3 Å². The Kier molecular flexibility index (Phi) is 6.45. The van der Waals surface area contributed by atoms with Crippen LogP contribution >= 0.6 is 23.2 Å². The maximum Gasteiger partial charge on any atom is 0.329 e. The molecule has 0 atom stereocenters. The van der Waals surface area contributed by atoms with Gasteiger partial charge in [-0.2, -0.15) is 0 Å². The highest BCUT2D eigenvalue weighted by Gasteiger charge is 2.34. The number of aromatic nitrogens is 2. The van der Waals surface area contributed by atoms with Crippen LogP contribution in [0.3, 0.4) is 0 Å². The van der Waals surface area contributed by atoms with Crippen molar-refractivity contribution in [2.45, 2.75) is 13.5 Å². The molecule has 7 nitrogen and oxygen atoms in total. The van der Waals surface area contributed by atoms with E-state index in [9.17, 15) is 18.8 Å². The minimum atomic E-state index is -0.679. The van der Waals surface area contributed by atoms with Gasteiger partial charge in [-0.1, -0.05) is 53.5 Å². The molecular weight excluding hydrogens is 518 g/mol. The molecule has 0 saturated carbocycles. The molecule has 3 aromatic carbocycles. The number of amides is 3. The third kappa shape index (κ3) is 4.69. The maximum absolute atomic E-state index is 13.6. The molecule has 2 heterocycles. The Bertz CT molecular complexity index is 1660. The number of rotatable bonds is 5. The lowest BCUT2D eigenvalue weighted by molar-refractivity contribution is -0.123. The third-order valence-electron chi connectivity index (χ3n) is 5.96. The van der Waals surface area contributed by atoms with Gasteiger partial charge < -0.3 is 5.32 Å². The molecule has 1 fully saturated rings. The number of hydrogen-bond acceptors (Lipinski definition) is 3. The zero-order chi connectivity index (χ0) is 26.3. The van der Waals surface area contributed by atoms with Gasteiger partial charge in [0.2, 0.25) is 0 Å². The van der Waals surface area contributed by atoms with Gasteiger partial charge in [-0.05, 0) is 60.5 Å². The van der Waals surface area contributed by atoms with Crippen molar-refractivity contribution in [1.82, 2.24) is 20.0 Å². The number of nitrogens with zero attached hydrogens (tertiary/aromatic N) is 2. The van der Waals surface area contributed by atoms with Gasteiger partial charge >= 0.3 is 6.03 Å². The lowest BCUT2D eigenvalue weighted by Crippen LogP contribution is -2.30. The Morgan fingerprint density at radius 3 is 2.49 bits per heavy atom. The fraction of sp³-hybridized carbons (Fsp3) is 0.0741. The quantitative estimate of drug-likeness (QED) is 0.254. The molecule has 0 aliphatic carbocycles. The summed E-state index contributed by atoms with van der Waals surface area (Å²) in [6.45, 7) is 1.73. The number of carbonyl (C=O) groups excluding carboxylic acids is 2. The number of nitrogens with one attached hydrogen (secondary N) is 2. The number of para-hydroxylation sites is 1. The molecule has 1 aliphatic rings. The van der Waals surface area contributed by atoms with Crippen LogP contribution in [0.15, 0.2) is 77.2 Å². The predicted octanol–water partition coefficient (Wildman–Crippen LogP) is 5.68. The molecule has 2 N–H and O–H groups in total. The molecule has 0 spiro atoms. The van der Waals surface area contributed by atoms with Gasteiger partial charge in [0.25, 0.3) is 11.5 Å². The molecule has 10 heteroatoms. The third-order valence-corrected chi connectivity index (χ3v) is 6.51. The van der Waals surface area contributed by atoms with E-state index in [1.54, 1.807) is 36.4 Å². The standard InChI is InChI=1S/C27H19Cl2FN4O3/c1-15-5-2-3-8-23(15)34-25(35)20(24(32-34)19-10-9-17(28)12-21(19)29)13-22-26(36)33(27(37)31-22)14-16-6-4-7-18(30)11-16/h2-13,32H,14H2,1H3,(H,31,37). The Hall–Kier alpha value is -4.14. The minimum Gasteiger partial charge on any atom is -0.303 e. The molecule has 0 radical (unpaired) electrons. The van der Waals surface area contributed by atoms with Crippen LogP contribution in [0.5, 0.6) is 0 Å². The van der Waals surface area contributed by atoms with Crippen LogP contribution in [0.2, 0.25) is 10.0 Å². The van der Waals surface area contributed by atoms with E-state index in [4.69, 9.17) is 23.2 Å². The van der Waals surface area contributed by atoms with Crippen molar-refractivity contribution in [1.29, 1.82) is 0 Å². The highest BCUT2D eigenvalue weighted by Crippen LogP contribution is 2.32. The van der Waals surface area contributed by atoms with Crippen molar-refractivity contribution in [3.05, 3.63) is 115 Å². The summed E-state index contributed by atoms with van der Waals surface area (Å²) in [5.41, 5.74) is 2.28. The Labute approximate surface area is 220 Å². The first kappa shape index (κ1) is 24.5. The van der Waals surface area contributed by atoms with Crippen molar-refractivity contribution in [3.63, 3.8) is 0 Å². The molecule has 5 rings (SSSR count). The molecule has 1 aliphatic heterocycles. The summed E-state index contributed by atoms with van der Waals surface area (Å²) in [7, 11) is 0. The van der Waals surface area contributed by atoms with Crippen LogP contribution in [-0.4, -0.2) is 26.6 Å². The topological polar surface area (TPSA) is 87.2 Å². The number of aromatic amines is 1. The summed E-state index contributed by atoms with van der Waals surface area (Å²) in [6.07, 6.45) is 1.32. The van der Waals surface area contributed by atoms with E-state index in [0.29, 0.717) is 32.6 Å². The van der Waals surface area contributed by atoms with Gasteiger partial charge in [0, 0.05) is 10.6 Å². The van der Waals surface area contributed by atoms with Crippen LogP contribution in [0.25, 0.3) is 23.0 Å². The van der Waals surface area contributed by atoms with E-state index in [1.807, 2.05) is 19.1 Å². The van der Waals surface area contributed by atoms with E-state index in [-0.39, 0.29) is 17.8 Å². The molecule has 1 saturated heterocycles. The second-order valence-electron chi connectivity index (χ2n) is 8.46. The van der Waals surface area contributed by atoms with Crippen molar-refractivity contribution in [2.24, 2.45) is 0 Å². The highest BCUT2D eigenvalue weighted by molar-refractivity contribution is 6.36.